The molecule has 0 rings (SSSR count). The molecule has 4 heteroatoms. The quantitative estimate of drug-likeness (QED) is 0.603. The number of rotatable bonds is 7. The van der Waals surface area contributed by atoms with Gasteiger partial charge in [-0.15, -0.1) is 0 Å². The molecule has 0 aliphatic heterocycles. The maximum Gasteiger partial charge on any atom is 0.312 e. The lowest BCUT2D eigenvalue weighted by Crippen LogP contribution is -2.19. The Morgan fingerprint density at radius 2 is 2.31 bits per heavy atom. The normalized spacial score (nSPS) is 14.9. The summed E-state index contributed by atoms with van der Waals surface area (Å²) in [6, 6.07) is 0. The van der Waals surface area contributed by atoms with Gasteiger partial charge in [0.15, 0.2) is 0 Å². The van der Waals surface area contributed by atoms with Crippen LogP contribution in [0.15, 0.2) is 0 Å². The van der Waals surface area contributed by atoms with Crippen LogP contribution >= 0.6 is 0 Å². The minimum atomic E-state index is -1.12. The largest absolute Gasteiger partial charge is 0.481 e. The molecule has 13 heavy (non-hydrogen) atoms. The molecule has 0 spiro atoms. The van der Waals surface area contributed by atoms with Gasteiger partial charge in [0.2, 0.25) is 0 Å². The first-order chi connectivity index (χ1) is 6.11. The Balaban J connectivity index is 3.79. The Morgan fingerprint density at radius 1 is 1.69 bits per heavy atom. The van der Waals surface area contributed by atoms with Crippen LogP contribution in [-0.4, -0.2) is 23.5 Å². The van der Waals surface area contributed by atoms with E-state index in [0.717, 1.165) is 19.1 Å². The third-order valence-electron chi connectivity index (χ3n) is 1.90. The van der Waals surface area contributed by atoms with Gasteiger partial charge in [-0.25, -0.2) is 4.39 Å². The summed E-state index contributed by atoms with van der Waals surface area (Å²) in [6.45, 7) is 1.96. The van der Waals surface area contributed by atoms with Crippen molar-refractivity contribution in [3.05, 3.63) is 0 Å². The molecule has 0 aliphatic rings. The van der Waals surface area contributed by atoms with E-state index in [1.54, 1.807) is 0 Å². The number of alkyl halides is 1. The fraction of sp³-hybridized carbons (Fsp3) is 0.778. The molecular weight excluding hydrogens is 173 g/mol. The lowest BCUT2D eigenvalue weighted by Gasteiger charge is -2.10. The van der Waals surface area contributed by atoms with Crippen LogP contribution in [0.25, 0.3) is 0 Å². The number of hydrogen-bond donors (Lipinski definition) is 2. The molecule has 0 saturated heterocycles. The molecule has 0 aromatic carbocycles. The second-order valence-corrected chi connectivity index (χ2v) is 3.09. The highest BCUT2D eigenvalue weighted by Crippen LogP contribution is 2.14. The second-order valence-electron chi connectivity index (χ2n) is 3.09. The lowest BCUT2D eigenvalue weighted by molar-refractivity contribution is -0.139. The van der Waals surface area contributed by atoms with Crippen LogP contribution in [0, 0.1) is 11.3 Å². The van der Waals surface area contributed by atoms with Crippen LogP contribution in [-0.2, 0) is 4.79 Å². The topological polar surface area (TPSA) is 61.2 Å². The Bertz CT molecular complexity index is 173. The molecule has 0 heterocycles. The SMILES string of the molecule is CCCCC(F)CC(C=N)C(=O)O. The van der Waals surface area contributed by atoms with Crippen molar-refractivity contribution in [2.24, 2.45) is 5.92 Å². The molecule has 0 radical (unpaired) electrons. The van der Waals surface area contributed by atoms with Gasteiger partial charge in [0, 0.05) is 6.21 Å². The standard InChI is InChI=1S/C9H16FNO2/c1-2-3-4-8(10)5-7(6-11)9(12)13/h6-8,11H,2-5H2,1H3,(H,12,13). The molecule has 0 aromatic rings. The van der Waals surface area contributed by atoms with Gasteiger partial charge in [-0.05, 0) is 12.8 Å². The molecule has 2 unspecified atom stereocenters. The summed E-state index contributed by atoms with van der Waals surface area (Å²) >= 11 is 0. The Labute approximate surface area is 77.5 Å². The number of hydrogen-bond acceptors (Lipinski definition) is 2. The molecule has 0 saturated carbocycles. The highest BCUT2D eigenvalue weighted by molar-refractivity contribution is 5.87. The number of halogens is 1. The van der Waals surface area contributed by atoms with Crippen LogP contribution < -0.4 is 0 Å². The van der Waals surface area contributed by atoms with Gasteiger partial charge < -0.3 is 10.5 Å². The maximum atomic E-state index is 13.0. The molecule has 76 valence electrons. The lowest BCUT2D eigenvalue weighted by atomic mass is 10.0. The molecule has 2 N–H and O–H groups in total. The molecule has 0 aliphatic carbocycles. The highest BCUT2D eigenvalue weighted by atomic mass is 19.1. The molecule has 0 aromatic heterocycles. The summed E-state index contributed by atoms with van der Waals surface area (Å²) in [6.07, 6.45) is 1.70. The van der Waals surface area contributed by atoms with Crippen LogP contribution in [0.4, 0.5) is 4.39 Å². The molecule has 0 bridgehead atoms. The van der Waals surface area contributed by atoms with Gasteiger partial charge in [-0.3, -0.25) is 4.79 Å². The summed E-state index contributed by atoms with van der Waals surface area (Å²) in [5.41, 5.74) is 0. The first-order valence-electron chi connectivity index (χ1n) is 4.49. The third kappa shape index (κ3) is 5.33. The molecule has 2 atom stereocenters. The minimum absolute atomic E-state index is 0.0706. The number of aliphatic carboxylic acids is 1. The number of nitrogens with one attached hydrogen (secondary N) is 1. The first-order valence-corrected chi connectivity index (χ1v) is 4.49. The van der Waals surface area contributed by atoms with Crippen molar-refractivity contribution in [3.63, 3.8) is 0 Å². The van der Waals surface area contributed by atoms with Crippen molar-refractivity contribution >= 4 is 12.2 Å². The summed E-state index contributed by atoms with van der Waals surface area (Å²) < 4.78 is 13.0. The minimum Gasteiger partial charge on any atom is -0.481 e. The van der Waals surface area contributed by atoms with E-state index in [0.29, 0.717) is 6.42 Å². The van der Waals surface area contributed by atoms with Crippen LogP contribution in [0.1, 0.15) is 32.6 Å². The number of carbonyl (C=O) groups is 1. The molecule has 0 amide bonds. The summed E-state index contributed by atoms with van der Waals surface area (Å²) in [4.78, 5) is 10.4. The predicted molar refractivity (Wildman–Crippen MR) is 48.9 cm³/mol. The fourth-order valence-corrected chi connectivity index (χ4v) is 1.06. The maximum absolute atomic E-state index is 13.0. The van der Waals surface area contributed by atoms with E-state index in [9.17, 15) is 9.18 Å². The van der Waals surface area contributed by atoms with Crippen molar-refractivity contribution < 1.29 is 14.3 Å². The van der Waals surface area contributed by atoms with E-state index in [-0.39, 0.29) is 6.42 Å². The van der Waals surface area contributed by atoms with E-state index >= 15 is 0 Å². The van der Waals surface area contributed by atoms with Crippen LogP contribution in [0.3, 0.4) is 0 Å². The zero-order valence-electron chi connectivity index (χ0n) is 7.79. The van der Waals surface area contributed by atoms with Crippen LogP contribution in [0.2, 0.25) is 0 Å². The monoisotopic (exact) mass is 189 g/mol. The van der Waals surface area contributed by atoms with Gasteiger partial charge in [0.05, 0.1) is 5.92 Å². The Kier molecular flexibility index (Phi) is 6.10. The van der Waals surface area contributed by atoms with E-state index < -0.39 is 18.1 Å². The molecule has 3 nitrogen and oxygen atoms in total. The Hall–Kier alpha value is -0.930. The first kappa shape index (κ1) is 12.1. The van der Waals surface area contributed by atoms with Gasteiger partial charge in [0.25, 0.3) is 0 Å². The van der Waals surface area contributed by atoms with Gasteiger partial charge in [-0.2, -0.15) is 0 Å². The second kappa shape index (κ2) is 6.57. The summed E-state index contributed by atoms with van der Waals surface area (Å²) in [5.74, 6) is -2.08. The molecule has 0 fully saturated rings. The zero-order chi connectivity index (χ0) is 10.3. The van der Waals surface area contributed by atoms with Gasteiger partial charge >= 0.3 is 5.97 Å². The average molecular weight is 189 g/mol. The number of unbranched alkanes of at least 4 members (excludes halogenated alkanes) is 1. The average Bonchev–Trinajstić information content (AvgIpc) is 2.10. The third-order valence-corrected chi connectivity index (χ3v) is 1.90. The number of carboxylic acids is 1. The van der Waals surface area contributed by atoms with E-state index in [1.807, 2.05) is 6.92 Å². The number of carboxylic acid groups (broad SMARTS) is 1. The van der Waals surface area contributed by atoms with E-state index in [1.165, 1.54) is 0 Å². The highest BCUT2D eigenvalue weighted by Gasteiger charge is 2.19. The predicted octanol–water partition coefficient (Wildman–Crippen LogP) is 2.26. The molecular formula is C9H16FNO2. The smallest absolute Gasteiger partial charge is 0.312 e. The summed E-state index contributed by atoms with van der Waals surface area (Å²) in [5, 5.41) is 15.3. The van der Waals surface area contributed by atoms with Crippen molar-refractivity contribution in [2.75, 3.05) is 0 Å². The zero-order valence-corrected chi connectivity index (χ0v) is 7.79. The van der Waals surface area contributed by atoms with Crippen molar-refractivity contribution in [3.8, 4) is 0 Å². The van der Waals surface area contributed by atoms with Crippen LogP contribution in [0.5, 0.6) is 0 Å². The fourth-order valence-electron chi connectivity index (χ4n) is 1.06. The van der Waals surface area contributed by atoms with Crippen molar-refractivity contribution in [1.29, 1.82) is 5.41 Å². The van der Waals surface area contributed by atoms with Crippen molar-refractivity contribution in [1.82, 2.24) is 0 Å². The Morgan fingerprint density at radius 3 is 2.69 bits per heavy atom. The van der Waals surface area contributed by atoms with Gasteiger partial charge in [0.1, 0.15) is 6.17 Å². The van der Waals surface area contributed by atoms with Gasteiger partial charge in [-0.1, -0.05) is 19.8 Å². The van der Waals surface area contributed by atoms with E-state index in [2.05, 4.69) is 0 Å². The van der Waals surface area contributed by atoms with Crippen molar-refractivity contribution in [2.45, 2.75) is 38.8 Å². The summed E-state index contributed by atoms with van der Waals surface area (Å²) in [7, 11) is 0. The van der Waals surface area contributed by atoms with E-state index in [4.69, 9.17) is 10.5 Å².